The average Bonchev–Trinajstić information content (AvgIpc) is 2.83. The van der Waals surface area contributed by atoms with E-state index in [-0.39, 0.29) is 0 Å². The molecule has 1 aromatic carbocycles. The molecule has 0 bridgehead atoms. The number of benzene rings is 1. The van der Waals surface area contributed by atoms with Crippen LogP contribution in [0.15, 0.2) is 29.3 Å². The Kier molecular flexibility index (Phi) is 3.81. The Hall–Kier alpha value is -1.51. The SMILES string of the molecule is CCc1ccccc1OCCC1=NCCN1. The molecule has 0 saturated heterocycles. The van der Waals surface area contributed by atoms with Crippen molar-refractivity contribution >= 4 is 5.84 Å². The van der Waals surface area contributed by atoms with E-state index in [1.807, 2.05) is 18.2 Å². The van der Waals surface area contributed by atoms with Gasteiger partial charge in [0.15, 0.2) is 0 Å². The molecule has 2 rings (SSSR count). The molecule has 0 amide bonds. The zero-order chi connectivity index (χ0) is 11.2. The second kappa shape index (κ2) is 5.54. The number of aliphatic imine (C=N–C) groups is 1. The molecule has 3 nitrogen and oxygen atoms in total. The summed E-state index contributed by atoms with van der Waals surface area (Å²) in [6.45, 7) is 4.72. The number of para-hydroxylation sites is 1. The van der Waals surface area contributed by atoms with Crippen molar-refractivity contribution in [3.05, 3.63) is 29.8 Å². The normalized spacial score (nSPS) is 14.4. The van der Waals surface area contributed by atoms with Crippen LogP contribution in [0.3, 0.4) is 0 Å². The lowest BCUT2D eigenvalue weighted by Gasteiger charge is -2.10. The van der Waals surface area contributed by atoms with Crippen LogP contribution in [0, 0.1) is 0 Å². The maximum absolute atomic E-state index is 5.77. The number of rotatable bonds is 5. The van der Waals surface area contributed by atoms with E-state index in [0.29, 0.717) is 6.61 Å². The number of nitrogens with zero attached hydrogens (tertiary/aromatic N) is 1. The zero-order valence-corrected chi connectivity index (χ0v) is 9.70. The van der Waals surface area contributed by atoms with Crippen molar-refractivity contribution in [3.8, 4) is 5.75 Å². The molecule has 0 unspecified atom stereocenters. The molecule has 1 N–H and O–H groups in total. The van der Waals surface area contributed by atoms with Gasteiger partial charge in [-0.3, -0.25) is 4.99 Å². The van der Waals surface area contributed by atoms with Crippen molar-refractivity contribution in [2.75, 3.05) is 19.7 Å². The van der Waals surface area contributed by atoms with E-state index in [2.05, 4.69) is 23.3 Å². The van der Waals surface area contributed by atoms with Gasteiger partial charge in [0.25, 0.3) is 0 Å². The molecule has 0 aromatic heterocycles. The maximum atomic E-state index is 5.77. The minimum Gasteiger partial charge on any atom is -0.493 e. The van der Waals surface area contributed by atoms with Crippen LogP contribution < -0.4 is 10.1 Å². The third kappa shape index (κ3) is 2.75. The lowest BCUT2D eigenvalue weighted by atomic mass is 10.1. The molecular weight excluding hydrogens is 200 g/mol. The van der Waals surface area contributed by atoms with Crippen molar-refractivity contribution in [2.45, 2.75) is 19.8 Å². The molecule has 0 radical (unpaired) electrons. The van der Waals surface area contributed by atoms with Crippen molar-refractivity contribution in [1.29, 1.82) is 0 Å². The van der Waals surface area contributed by atoms with Gasteiger partial charge in [-0.15, -0.1) is 0 Å². The average molecular weight is 218 g/mol. The van der Waals surface area contributed by atoms with Gasteiger partial charge in [0, 0.05) is 13.0 Å². The van der Waals surface area contributed by atoms with Crippen molar-refractivity contribution in [3.63, 3.8) is 0 Å². The standard InChI is InChI=1S/C13H18N2O/c1-2-11-5-3-4-6-12(11)16-10-7-13-14-8-9-15-13/h3-6H,2,7-10H2,1H3,(H,14,15). The van der Waals surface area contributed by atoms with Crippen LogP contribution in [-0.2, 0) is 6.42 Å². The number of aryl methyl sites for hydroxylation is 1. The monoisotopic (exact) mass is 218 g/mol. The molecule has 0 aliphatic carbocycles. The fourth-order valence-corrected chi connectivity index (χ4v) is 1.81. The molecule has 16 heavy (non-hydrogen) atoms. The molecule has 0 spiro atoms. The van der Waals surface area contributed by atoms with Gasteiger partial charge in [0.1, 0.15) is 5.75 Å². The minimum absolute atomic E-state index is 0.697. The van der Waals surface area contributed by atoms with Crippen molar-refractivity contribution in [2.24, 2.45) is 4.99 Å². The Morgan fingerprint density at radius 3 is 3.00 bits per heavy atom. The van der Waals surface area contributed by atoms with Gasteiger partial charge in [0.05, 0.1) is 19.0 Å². The molecule has 0 atom stereocenters. The van der Waals surface area contributed by atoms with Crippen LogP contribution in [0.25, 0.3) is 0 Å². The minimum atomic E-state index is 0.697. The van der Waals surface area contributed by atoms with Gasteiger partial charge in [-0.1, -0.05) is 25.1 Å². The number of hydrogen-bond donors (Lipinski definition) is 1. The molecule has 0 saturated carbocycles. The summed E-state index contributed by atoms with van der Waals surface area (Å²) in [7, 11) is 0. The number of ether oxygens (including phenoxy) is 1. The summed E-state index contributed by atoms with van der Waals surface area (Å²) < 4.78 is 5.77. The van der Waals surface area contributed by atoms with Crippen LogP contribution in [0.1, 0.15) is 18.9 Å². The van der Waals surface area contributed by atoms with Gasteiger partial charge in [-0.05, 0) is 18.1 Å². The Balaban J connectivity index is 1.84. The first-order valence-corrected chi connectivity index (χ1v) is 5.88. The highest BCUT2D eigenvalue weighted by molar-refractivity contribution is 5.83. The van der Waals surface area contributed by atoms with Crippen molar-refractivity contribution in [1.82, 2.24) is 5.32 Å². The highest BCUT2D eigenvalue weighted by Gasteiger charge is 2.05. The molecule has 0 fully saturated rings. The first-order valence-electron chi connectivity index (χ1n) is 5.88. The third-order valence-corrected chi connectivity index (χ3v) is 2.69. The van der Waals surface area contributed by atoms with Crippen molar-refractivity contribution < 1.29 is 4.74 Å². The van der Waals surface area contributed by atoms with Gasteiger partial charge in [-0.25, -0.2) is 0 Å². The predicted octanol–water partition coefficient (Wildman–Crippen LogP) is 2.02. The second-order valence-electron chi connectivity index (χ2n) is 3.81. The van der Waals surface area contributed by atoms with E-state index in [1.54, 1.807) is 0 Å². The molecular formula is C13H18N2O. The number of hydrogen-bond acceptors (Lipinski definition) is 3. The predicted molar refractivity (Wildman–Crippen MR) is 66.2 cm³/mol. The summed E-state index contributed by atoms with van der Waals surface area (Å²) in [6.07, 6.45) is 1.88. The van der Waals surface area contributed by atoms with Crippen LogP contribution in [0.4, 0.5) is 0 Å². The van der Waals surface area contributed by atoms with Gasteiger partial charge < -0.3 is 10.1 Å². The largest absolute Gasteiger partial charge is 0.493 e. The van der Waals surface area contributed by atoms with Crippen LogP contribution in [0.2, 0.25) is 0 Å². The summed E-state index contributed by atoms with van der Waals surface area (Å²) in [4.78, 5) is 4.34. The Bertz CT molecular complexity index is 374. The lowest BCUT2D eigenvalue weighted by molar-refractivity contribution is 0.325. The highest BCUT2D eigenvalue weighted by Crippen LogP contribution is 2.18. The Morgan fingerprint density at radius 1 is 1.38 bits per heavy atom. The van der Waals surface area contributed by atoms with E-state index in [9.17, 15) is 0 Å². The molecule has 1 aliphatic heterocycles. The van der Waals surface area contributed by atoms with E-state index < -0.39 is 0 Å². The molecule has 3 heteroatoms. The maximum Gasteiger partial charge on any atom is 0.122 e. The Morgan fingerprint density at radius 2 is 2.25 bits per heavy atom. The van der Waals surface area contributed by atoms with E-state index >= 15 is 0 Å². The molecule has 86 valence electrons. The number of amidine groups is 1. The van der Waals surface area contributed by atoms with E-state index in [0.717, 1.165) is 37.5 Å². The fourth-order valence-electron chi connectivity index (χ4n) is 1.81. The van der Waals surface area contributed by atoms with Crippen LogP contribution in [-0.4, -0.2) is 25.5 Å². The summed E-state index contributed by atoms with van der Waals surface area (Å²) in [5.74, 6) is 2.08. The van der Waals surface area contributed by atoms with Gasteiger partial charge >= 0.3 is 0 Å². The summed E-state index contributed by atoms with van der Waals surface area (Å²) in [6, 6.07) is 8.21. The van der Waals surface area contributed by atoms with Gasteiger partial charge in [-0.2, -0.15) is 0 Å². The summed E-state index contributed by atoms with van der Waals surface area (Å²) >= 11 is 0. The molecule has 1 aromatic rings. The summed E-state index contributed by atoms with van der Waals surface area (Å²) in [5.41, 5.74) is 1.27. The molecule has 1 aliphatic rings. The highest BCUT2D eigenvalue weighted by atomic mass is 16.5. The smallest absolute Gasteiger partial charge is 0.122 e. The van der Waals surface area contributed by atoms with Crippen LogP contribution in [0.5, 0.6) is 5.75 Å². The van der Waals surface area contributed by atoms with E-state index in [1.165, 1.54) is 5.56 Å². The quantitative estimate of drug-likeness (QED) is 0.820. The molecule has 1 heterocycles. The van der Waals surface area contributed by atoms with Crippen LogP contribution >= 0.6 is 0 Å². The zero-order valence-electron chi connectivity index (χ0n) is 9.70. The van der Waals surface area contributed by atoms with Gasteiger partial charge in [0.2, 0.25) is 0 Å². The lowest BCUT2D eigenvalue weighted by Crippen LogP contribution is -2.20. The first-order chi connectivity index (χ1) is 7.90. The topological polar surface area (TPSA) is 33.6 Å². The second-order valence-corrected chi connectivity index (χ2v) is 3.81. The third-order valence-electron chi connectivity index (χ3n) is 2.69. The Labute approximate surface area is 96.5 Å². The number of nitrogens with one attached hydrogen (secondary N) is 1. The first kappa shape index (κ1) is 11.0. The summed E-state index contributed by atoms with van der Waals surface area (Å²) in [5, 5.41) is 3.24. The fraction of sp³-hybridized carbons (Fsp3) is 0.462. The van der Waals surface area contributed by atoms with E-state index in [4.69, 9.17) is 4.74 Å².